The number of aliphatic imine (C=N–C) groups is 1. The van der Waals surface area contributed by atoms with Crippen molar-refractivity contribution in [2.24, 2.45) is 4.99 Å². The number of hydrogen-bond acceptors (Lipinski definition) is 5. The molecule has 8 heteroatoms. The summed E-state index contributed by atoms with van der Waals surface area (Å²) in [7, 11) is 0. The summed E-state index contributed by atoms with van der Waals surface area (Å²) in [4.78, 5) is 22.2. The molecule has 3 unspecified atom stereocenters. The molecule has 3 atom stereocenters. The number of aromatic nitrogens is 2. The van der Waals surface area contributed by atoms with E-state index >= 15 is 0 Å². The summed E-state index contributed by atoms with van der Waals surface area (Å²) in [5.74, 6) is 0.321. The zero-order valence-corrected chi connectivity index (χ0v) is 12.1. The van der Waals surface area contributed by atoms with Gasteiger partial charge in [-0.25, -0.2) is 14.2 Å². The lowest BCUT2D eigenvalue weighted by Gasteiger charge is -2.14. The van der Waals surface area contributed by atoms with Crippen molar-refractivity contribution in [2.75, 3.05) is 19.7 Å². The van der Waals surface area contributed by atoms with Crippen molar-refractivity contribution in [3.8, 4) is 0 Å². The number of alkyl halides is 1. The molecular formula is C14H19FN4O3. The van der Waals surface area contributed by atoms with E-state index in [2.05, 4.69) is 14.9 Å². The molecule has 3 rings (SSSR count). The predicted octanol–water partition coefficient (Wildman–Crippen LogP) is 0.617. The van der Waals surface area contributed by atoms with Crippen LogP contribution >= 0.6 is 0 Å². The minimum absolute atomic E-state index is 0.0310. The van der Waals surface area contributed by atoms with Gasteiger partial charge in [0.15, 0.2) is 5.82 Å². The molecule has 0 aliphatic carbocycles. The molecule has 0 aromatic carbocycles. The van der Waals surface area contributed by atoms with Gasteiger partial charge in [-0.2, -0.15) is 4.98 Å². The molecule has 7 nitrogen and oxygen atoms in total. The van der Waals surface area contributed by atoms with Gasteiger partial charge in [0, 0.05) is 25.7 Å². The van der Waals surface area contributed by atoms with E-state index in [0.717, 1.165) is 25.9 Å². The van der Waals surface area contributed by atoms with Crippen LogP contribution in [0, 0.1) is 0 Å². The fourth-order valence-corrected chi connectivity index (χ4v) is 2.72. The summed E-state index contributed by atoms with van der Waals surface area (Å²) < 4.78 is 20.1. The highest BCUT2D eigenvalue weighted by molar-refractivity contribution is 5.59. The van der Waals surface area contributed by atoms with Gasteiger partial charge in [-0.1, -0.05) is 0 Å². The number of rotatable bonds is 4. The first-order valence-corrected chi connectivity index (χ1v) is 7.45. The van der Waals surface area contributed by atoms with Gasteiger partial charge in [-0.05, 0) is 18.9 Å². The Morgan fingerprint density at radius 3 is 2.91 bits per heavy atom. The third-order valence-corrected chi connectivity index (χ3v) is 3.96. The molecule has 1 N–H and O–H groups in total. The van der Waals surface area contributed by atoms with E-state index in [4.69, 9.17) is 9.84 Å². The van der Waals surface area contributed by atoms with E-state index in [9.17, 15) is 9.18 Å². The van der Waals surface area contributed by atoms with Crippen LogP contribution in [0.3, 0.4) is 0 Å². The summed E-state index contributed by atoms with van der Waals surface area (Å²) in [5.41, 5.74) is -0.535. The Bertz CT molecular complexity index is 600. The third kappa shape index (κ3) is 3.17. The molecule has 2 fully saturated rings. The maximum atomic E-state index is 13.6. The minimum atomic E-state index is -1.28. The zero-order chi connectivity index (χ0) is 15.5. The standard InChI is InChI=1S/C14H19FN4O3/c15-10-7-13(22-11(10)8-20)19-6-3-12(17-14(19)21)16-9-18-4-1-2-5-18/h3,6,9-11,13,20H,1-2,4-5,7-8H2. The van der Waals surface area contributed by atoms with Crippen LogP contribution in [0.25, 0.3) is 0 Å². The summed E-state index contributed by atoms with van der Waals surface area (Å²) in [5, 5.41) is 9.00. The van der Waals surface area contributed by atoms with Gasteiger partial charge in [-0.3, -0.25) is 4.57 Å². The number of ether oxygens (including phenoxy) is 1. The molecule has 2 saturated heterocycles. The molecule has 0 saturated carbocycles. The fraction of sp³-hybridized carbons (Fsp3) is 0.643. The second-order valence-electron chi connectivity index (χ2n) is 5.53. The average molecular weight is 310 g/mol. The number of hydrogen-bond donors (Lipinski definition) is 1. The Balaban J connectivity index is 1.71. The van der Waals surface area contributed by atoms with E-state index in [0.29, 0.717) is 5.82 Å². The van der Waals surface area contributed by atoms with Crippen LogP contribution in [-0.2, 0) is 4.74 Å². The number of halogens is 1. The van der Waals surface area contributed by atoms with Crippen LogP contribution in [0.2, 0.25) is 0 Å². The van der Waals surface area contributed by atoms with Crippen molar-refractivity contribution in [3.05, 3.63) is 22.7 Å². The predicted molar refractivity (Wildman–Crippen MR) is 78.0 cm³/mol. The van der Waals surface area contributed by atoms with Crippen molar-refractivity contribution in [3.63, 3.8) is 0 Å². The maximum Gasteiger partial charge on any atom is 0.351 e. The van der Waals surface area contributed by atoms with E-state index in [1.54, 1.807) is 12.4 Å². The first kappa shape index (κ1) is 15.1. The van der Waals surface area contributed by atoms with Crippen LogP contribution in [0.4, 0.5) is 10.2 Å². The van der Waals surface area contributed by atoms with Crippen molar-refractivity contribution in [1.29, 1.82) is 0 Å². The van der Waals surface area contributed by atoms with Crippen molar-refractivity contribution in [2.45, 2.75) is 37.8 Å². The summed E-state index contributed by atoms with van der Waals surface area (Å²) >= 11 is 0. The molecule has 2 aliphatic rings. The van der Waals surface area contributed by atoms with Crippen LogP contribution in [0.1, 0.15) is 25.5 Å². The lowest BCUT2D eigenvalue weighted by atomic mass is 10.2. The molecule has 120 valence electrons. The topological polar surface area (TPSA) is 80.0 Å². The molecule has 1 aromatic heterocycles. The van der Waals surface area contributed by atoms with Gasteiger partial charge in [0.05, 0.1) is 12.9 Å². The highest BCUT2D eigenvalue weighted by Crippen LogP contribution is 2.29. The van der Waals surface area contributed by atoms with Crippen LogP contribution in [0.15, 0.2) is 22.1 Å². The highest BCUT2D eigenvalue weighted by Gasteiger charge is 2.36. The molecular weight excluding hydrogens is 291 g/mol. The van der Waals surface area contributed by atoms with E-state index < -0.39 is 30.8 Å². The SMILES string of the molecule is O=c1nc(N=CN2CCCC2)ccn1C1CC(F)C(CO)O1. The van der Waals surface area contributed by atoms with Gasteiger partial charge in [0.1, 0.15) is 18.5 Å². The molecule has 0 amide bonds. The molecule has 0 bridgehead atoms. The van der Waals surface area contributed by atoms with Gasteiger partial charge in [-0.15, -0.1) is 0 Å². The second kappa shape index (κ2) is 6.53. The molecule has 22 heavy (non-hydrogen) atoms. The van der Waals surface area contributed by atoms with Crippen molar-refractivity contribution in [1.82, 2.24) is 14.5 Å². The van der Waals surface area contributed by atoms with Crippen LogP contribution < -0.4 is 5.69 Å². The lowest BCUT2D eigenvalue weighted by Crippen LogP contribution is -2.27. The highest BCUT2D eigenvalue weighted by atomic mass is 19.1. The quantitative estimate of drug-likeness (QED) is 0.651. The Kier molecular flexibility index (Phi) is 4.49. The Morgan fingerprint density at radius 1 is 1.50 bits per heavy atom. The average Bonchev–Trinajstić information content (AvgIpc) is 3.14. The third-order valence-electron chi connectivity index (χ3n) is 3.96. The lowest BCUT2D eigenvalue weighted by molar-refractivity contribution is -0.0355. The van der Waals surface area contributed by atoms with Crippen molar-refractivity contribution < 1.29 is 14.2 Å². The van der Waals surface area contributed by atoms with E-state index in [1.165, 1.54) is 10.8 Å². The van der Waals surface area contributed by atoms with Gasteiger partial charge in [0.2, 0.25) is 0 Å². The fourth-order valence-electron chi connectivity index (χ4n) is 2.72. The monoisotopic (exact) mass is 310 g/mol. The Labute approximate surface area is 127 Å². The minimum Gasteiger partial charge on any atom is -0.394 e. The molecule has 2 aliphatic heterocycles. The van der Waals surface area contributed by atoms with Gasteiger partial charge >= 0.3 is 5.69 Å². The summed E-state index contributed by atoms with van der Waals surface area (Å²) in [6.45, 7) is 1.53. The number of nitrogens with zero attached hydrogens (tertiary/aromatic N) is 4. The summed E-state index contributed by atoms with van der Waals surface area (Å²) in [6, 6.07) is 1.59. The van der Waals surface area contributed by atoms with E-state index in [-0.39, 0.29) is 6.42 Å². The molecule has 0 spiro atoms. The largest absolute Gasteiger partial charge is 0.394 e. The zero-order valence-electron chi connectivity index (χ0n) is 12.1. The molecule has 1 aromatic rings. The first-order chi connectivity index (χ1) is 10.7. The van der Waals surface area contributed by atoms with E-state index in [1.807, 2.05) is 0 Å². The van der Waals surface area contributed by atoms with Crippen LogP contribution in [0.5, 0.6) is 0 Å². The van der Waals surface area contributed by atoms with Gasteiger partial charge in [0.25, 0.3) is 0 Å². The number of likely N-dealkylation sites (tertiary alicyclic amines) is 1. The molecule has 0 radical (unpaired) electrons. The molecule has 3 heterocycles. The Hall–Kier alpha value is -1.80. The number of aliphatic hydroxyl groups excluding tert-OH is 1. The Morgan fingerprint density at radius 2 is 2.27 bits per heavy atom. The van der Waals surface area contributed by atoms with Crippen molar-refractivity contribution >= 4 is 12.2 Å². The normalized spacial score (nSPS) is 28.8. The smallest absolute Gasteiger partial charge is 0.351 e. The maximum absolute atomic E-state index is 13.6. The second-order valence-corrected chi connectivity index (χ2v) is 5.53. The van der Waals surface area contributed by atoms with Crippen LogP contribution in [-0.4, -0.2) is 57.9 Å². The number of aliphatic hydroxyl groups is 1. The first-order valence-electron chi connectivity index (χ1n) is 7.45. The summed E-state index contributed by atoms with van der Waals surface area (Å²) in [6.07, 6.45) is 2.63. The van der Waals surface area contributed by atoms with Gasteiger partial charge < -0.3 is 14.7 Å².